The van der Waals surface area contributed by atoms with Crippen LogP contribution < -0.4 is 0 Å². The van der Waals surface area contributed by atoms with E-state index in [2.05, 4.69) is 0 Å². The van der Waals surface area contributed by atoms with Gasteiger partial charge in [0.25, 0.3) is 0 Å². The lowest BCUT2D eigenvalue weighted by Crippen LogP contribution is -2.06. The van der Waals surface area contributed by atoms with Crippen LogP contribution in [0.4, 0.5) is 4.39 Å². The molecule has 0 radical (unpaired) electrons. The molecular formula is C15H12Cl3F. The molecule has 0 saturated carbocycles. The second-order valence-corrected chi connectivity index (χ2v) is 5.48. The Bertz CT molecular complexity index is 569. The maximum Gasteiger partial charge on any atom is 0.144 e. The Balaban J connectivity index is 2.26. The number of hydrogen-bond acceptors (Lipinski definition) is 0. The largest absolute Gasteiger partial charge is 0.205 e. The van der Waals surface area contributed by atoms with E-state index in [9.17, 15) is 4.39 Å². The molecule has 0 amide bonds. The van der Waals surface area contributed by atoms with Crippen molar-refractivity contribution in [1.29, 1.82) is 0 Å². The minimum absolute atomic E-state index is 0.00772. The number of halogens is 4. The highest BCUT2D eigenvalue weighted by atomic mass is 35.5. The molecule has 0 aliphatic rings. The summed E-state index contributed by atoms with van der Waals surface area (Å²) in [5.74, 6) is 0.0291. The van der Waals surface area contributed by atoms with Crippen LogP contribution in [-0.4, -0.2) is 5.88 Å². The van der Waals surface area contributed by atoms with Gasteiger partial charge < -0.3 is 0 Å². The summed E-state index contributed by atoms with van der Waals surface area (Å²) in [6.07, 6.45) is 0.496. The first kappa shape index (κ1) is 14.6. The Kier molecular flexibility index (Phi) is 5.09. The molecule has 0 N–H and O–H groups in total. The van der Waals surface area contributed by atoms with Crippen molar-refractivity contribution < 1.29 is 4.39 Å². The summed E-state index contributed by atoms with van der Waals surface area (Å²) in [7, 11) is 0. The van der Waals surface area contributed by atoms with Gasteiger partial charge in [-0.05, 0) is 35.7 Å². The van der Waals surface area contributed by atoms with E-state index in [4.69, 9.17) is 34.8 Å². The molecule has 0 aromatic heterocycles. The molecule has 2 aromatic rings. The SMILES string of the molecule is Fc1c(Cl)cccc1CC(CCl)c1cccc(Cl)c1. The Morgan fingerprint density at radius 3 is 2.47 bits per heavy atom. The highest BCUT2D eigenvalue weighted by Crippen LogP contribution is 2.27. The van der Waals surface area contributed by atoms with Gasteiger partial charge in [-0.3, -0.25) is 0 Å². The normalized spacial score (nSPS) is 12.4. The van der Waals surface area contributed by atoms with Crippen LogP contribution in [0.3, 0.4) is 0 Å². The van der Waals surface area contributed by atoms with Crippen molar-refractivity contribution in [2.45, 2.75) is 12.3 Å². The molecule has 0 nitrogen and oxygen atoms in total. The second kappa shape index (κ2) is 6.60. The van der Waals surface area contributed by atoms with Gasteiger partial charge in [-0.25, -0.2) is 4.39 Å². The summed E-state index contributed by atoms with van der Waals surface area (Å²) in [6.45, 7) is 0. The van der Waals surface area contributed by atoms with Crippen molar-refractivity contribution in [3.63, 3.8) is 0 Å². The fourth-order valence-electron chi connectivity index (χ4n) is 1.99. The summed E-state index contributed by atoms with van der Waals surface area (Å²) in [6, 6.07) is 12.5. The zero-order valence-corrected chi connectivity index (χ0v) is 12.3. The topological polar surface area (TPSA) is 0 Å². The molecule has 0 aliphatic heterocycles. The number of benzene rings is 2. The Labute approximate surface area is 127 Å². The highest BCUT2D eigenvalue weighted by molar-refractivity contribution is 6.31. The molecule has 0 spiro atoms. The van der Waals surface area contributed by atoms with Crippen LogP contribution in [0.25, 0.3) is 0 Å². The van der Waals surface area contributed by atoms with Crippen LogP contribution in [0, 0.1) is 5.82 Å². The molecule has 0 heterocycles. The van der Waals surface area contributed by atoms with Crippen LogP contribution in [0.15, 0.2) is 42.5 Å². The molecule has 0 aliphatic carbocycles. The third-order valence-electron chi connectivity index (χ3n) is 3.00. The first-order valence-corrected chi connectivity index (χ1v) is 7.15. The Morgan fingerprint density at radius 1 is 1.05 bits per heavy atom. The molecule has 19 heavy (non-hydrogen) atoms. The quantitative estimate of drug-likeness (QED) is 0.635. The van der Waals surface area contributed by atoms with Gasteiger partial charge >= 0.3 is 0 Å². The van der Waals surface area contributed by atoms with Gasteiger partial charge in [-0.2, -0.15) is 0 Å². The summed E-state index contributed by atoms with van der Waals surface area (Å²) >= 11 is 17.7. The van der Waals surface area contributed by atoms with E-state index in [0.29, 0.717) is 22.9 Å². The minimum Gasteiger partial charge on any atom is -0.205 e. The standard InChI is InChI=1S/C15H12Cl3F/c16-9-12(10-3-1-5-13(17)8-10)7-11-4-2-6-14(18)15(11)19/h1-6,8,12H,7,9H2. The van der Waals surface area contributed by atoms with E-state index in [1.165, 1.54) is 6.07 Å². The van der Waals surface area contributed by atoms with Crippen LogP contribution in [0.2, 0.25) is 10.0 Å². The molecule has 1 atom stereocenters. The van der Waals surface area contributed by atoms with Crippen molar-refractivity contribution in [3.05, 3.63) is 69.5 Å². The van der Waals surface area contributed by atoms with Crippen LogP contribution in [0.5, 0.6) is 0 Å². The number of alkyl halides is 1. The number of hydrogen-bond donors (Lipinski definition) is 0. The zero-order chi connectivity index (χ0) is 13.8. The lowest BCUT2D eigenvalue weighted by Gasteiger charge is -2.15. The molecule has 0 fully saturated rings. The van der Waals surface area contributed by atoms with Gasteiger partial charge in [0.1, 0.15) is 5.82 Å². The first-order chi connectivity index (χ1) is 9.11. The van der Waals surface area contributed by atoms with E-state index in [1.807, 2.05) is 18.2 Å². The van der Waals surface area contributed by atoms with E-state index >= 15 is 0 Å². The van der Waals surface area contributed by atoms with Crippen molar-refractivity contribution in [2.75, 3.05) is 5.88 Å². The van der Waals surface area contributed by atoms with E-state index < -0.39 is 0 Å². The van der Waals surface area contributed by atoms with Crippen molar-refractivity contribution in [3.8, 4) is 0 Å². The Hall–Kier alpha value is -0.760. The van der Waals surface area contributed by atoms with Crippen LogP contribution in [0.1, 0.15) is 17.0 Å². The predicted molar refractivity (Wildman–Crippen MR) is 80.0 cm³/mol. The fraction of sp³-hybridized carbons (Fsp3) is 0.200. The van der Waals surface area contributed by atoms with Crippen molar-refractivity contribution in [1.82, 2.24) is 0 Å². The fourth-order valence-corrected chi connectivity index (χ4v) is 2.67. The molecule has 4 heteroatoms. The van der Waals surface area contributed by atoms with Crippen molar-refractivity contribution in [2.24, 2.45) is 0 Å². The first-order valence-electron chi connectivity index (χ1n) is 5.86. The lowest BCUT2D eigenvalue weighted by atomic mass is 9.93. The smallest absolute Gasteiger partial charge is 0.144 e. The summed E-state index contributed by atoms with van der Waals surface area (Å²) in [5.41, 5.74) is 1.57. The Morgan fingerprint density at radius 2 is 1.79 bits per heavy atom. The average Bonchev–Trinajstić information content (AvgIpc) is 2.40. The van der Waals surface area contributed by atoms with Gasteiger partial charge in [-0.15, -0.1) is 11.6 Å². The van der Waals surface area contributed by atoms with Gasteiger partial charge in [0.2, 0.25) is 0 Å². The third kappa shape index (κ3) is 3.62. The number of rotatable bonds is 4. The zero-order valence-electron chi connectivity index (χ0n) is 10.0. The molecular weight excluding hydrogens is 306 g/mol. The highest BCUT2D eigenvalue weighted by Gasteiger charge is 2.15. The van der Waals surface area contributed by atoms with E-state index in [0.717, 1.165) is 5.56 Å². The van der Waals surface area contributed by atoms with Gasteiger partial charge in [0.05, 0.1) is 5.02 Å². The maximum absolute atomic E-state index is 13.9. The molecule has 0 saturated heterocycles. The maximum atomic E-state index is 13.9. The van der Waals surface area contributed by atoms with Crippen LogP contribution in [-0.2, 0) is 6.42 Å². The molecule has 0 bridgehead atoms. The third-order valence-corrected chi connectivity index (χ3v) is 3.90. The molecule has 2 rings (SSSR count). The monoisotopic (exact) mass is 316 g/mol. The molecule has 100 valence electrons. The predicted octanol–water partition coefficient (Wildman–Crippen LogP) is 5.70. The van der Waals surface area contributed by atoms with Crippen LogP contribution >= 0.6 is 34.8 Å². The molecule has 2 aromatic carbocycles. The van der Waals surface area contributed by atoms with E-state index in [1.54, 1.807) is 18.2 Å². The molecule has 1 unspecified atom stereocenters. The lowest BCUT2D eigenvalue weighted by molar-refractivity contribution is 0.599. The van der Waals surface area contributed by atoms with Crippen molar-refractivity contribution >= 4 is 34.8 Å². The second-order valence-electron chi connectivity index (χ2n) is 4.32. The summed E-state index contributed by atoms with van der Waals surface area (Å²) in [4.78, 5) is 0. The minimum atomic E-state index is -0.374. The summed E-state index contributed by atoms with van der Waals surface area (Å²) in [5, 5.41) is 0.788. The average molecular weight is 318 g/mol. The van der Waals surface area contributed by atoms with E-state index in [-0.39, 0.29) is 16.8 Å². The summed E-state index contributed by atoms with van der Waals surface area (Å²) < 4.78 is 13.9. The van der Waals surface area contributed by atoms with Gasteiger partial charge in [-0.1, -0.05) is 47.5 Å². The van der Waals surface area contributed by atoms with Gasteiger partial charge in [0, 0.05) is 16.8 Å². The van der Waals surface area contributed by atoms with Gasteiger partial charge in [0.15, 0.2) is 0 Å².